The van der Waals surface area contributed by atoms with Gasteiger partial charge in [0.2, 0.25) is 0 Å². The Hall–Kier alpha value is -2.22. The number of hydrogen-bond donors (Lipinski definition) is 0. The molecule has 0 bridgehead atoms. The summed E-state index contributed by atoms with van der Waals surface area (Å²) < 4.78 is 1.23. The Balaban J connectivity index is 2.17. The molecule has 3 aromatic rings. The summed E-state index contributed by atoms with van der Waals surface area (Å²) in [5.74, 6) is 2.87. The fraction of sp³-hybridized carbons (Fsp3) is 0. The Morgan fingerprint density at radius 3 is 2.78 bits per heavy atom. The molecular formula is C15H8N2S. The summed E-state index contributed by atoms with van der Waals surface area (Å²) in [6.45, 7) is 0. The Morgan fingerprint density at radius 1 is 1.06 bits per heavy atom. The molecule has 2 heterocycles. The van der Waals surface area contributed by atoms with Crippen molar-refractivity contribution in [1.29, 1.82) is 0 Å². The van der Waals surface area contributed by atoms with Crippen molar-refractivity contribution < 1.29 is 0 Å². The molecule has 0 aliphatic carbocycles. The normalized spacial score (nSPS) is 13.1. The molecule has 2 aromatic carbocycles. The molecule has 84 valence electrons. The largest absolute Gasteiger partial charge is 0.252 e. The topological polar surface area (TPSA) is 24.7 Å². The van der Waals surface area contributed by atoms with Gasteiger partial charge in [0.25, 0.3) is 0 Å². The molecule has 18 heavy (non-hydrogen) atoms. The van der Waals surface area contributed by atoms with E-state index in [1.807, 2.05) is 0 Å². The number of fused-ring (bicyclic) bond motifs is 4. The van der Waals surface area contributed by atoms with Gasteiger partial charge in [0.15, 0.2) is 5.00 Å². The van der Waals surface area contributed by atoms with Crippen LogP contribution in [0.15, 0.2) is 52.5 Å². The fourth-order valence-corrected chi connectivity index (χ4v) is 3.22. The van der Waals surface area contributed by atoms with Gasteiger partial charge in [-0.1, -0.05) is 24.3 Å². The standard InChI is InChI=1S/C15H8N2S/c1-2-5-11-9-13-12(8-10(11)4-1)14-15(18-13)17-7-3-6-16-14/h1-6,8-9H. The summed E-state index contributed by atoms with van der Waals surface area (Å²) in [7, 11) is 0. The lowest BCUT2D eigenvalue weighted by Crippen LogP contribution is -1.71. The maximum atomic E-state index is 4.46. The maximum absolute atomic E-state index is 4.46. The predicted octanol–water partition coefficient (Wildman–Crippen LogP) is 4.63. The van der Waals surface area contributed by atoms with Gasteiger partial charge in [-0.25, -0.2) is 0 Å². The number of rotatable bonds is 0. The van der Waals surface area contributed by atoms with Crippen LogP contribution in [0.3, 0.4) is 0 Å². The Morgan fingerprint density at radius 2 is 1.89 bits per heavy atom. The van der Waals surface area contributed by atoms with Crippen LogP contribution in [-0.4, -0.2) is 12.1 Å². The Bertz CT molecular complexity index is 865. The first-order valence-corrected chi connectivity index (χ1v) is 6.51. The number of aliphatic imine (C=N–C) groups is 2. The monoisotopic (exact) mass is 248 g/mol. The third-order valence-electron chi connectivity index (χ3n) is 3.03. The highest BCUT2D eigenvalue weighted by molar-refractivity contribution is 7.23. The molecule has 1 aliphatic rings. The molecule has 0 fully saturated rings. The van der Waals surface area contributed by atoms with Gasteiger partial charge in [0, 0.05) is 22.4 Å². The van der Waals surface area contributed by atoms with Crippen molar-refractivity contribution in [2.75, 3.05) is 0 Å². The maximum Gasteiger partial charge on any atom is 0.152 e. The van der Waals surface area contributed by atoms with Crippen LogP contribution in [0.4, 0.5) is 10.7 Å². The molecule has 0 saturated carbocycles. The number of allylic oxidation sites excluding steroid dienone is 1. The minimum atomic E-state index is 0.935. The van der Waals surface area contributed by atoms with Gasteiger partial charge < -0.3 is 0 Å². The van der Waals surface area contributed by atoms with E-state index >= 15 is 0 Å². The van der Waals surface area contributed by atoms with Gasteiger partial charge in [-0.05, 0) is 28.8 Å². The molecule has 0 spiro atoms. The van der Waals surface area contributed by atoms with Crippen LogP contribution < -0.4 is 0 Å². The molecular weight excluding hydrogens is 240 g/mol. The molecule has 0 amide bonds. The summed E-state index contributed by atoms with van der Waals surface area (Å²) in [4.78, 5) is 8.76. The number of benzene rings is 2. The second-order valence-corrected chi connectivity index (χ2v) is 5.17. The van der Waals surface area contributed by atoms with E-state index in [4.69, 9.17) is 0 Å². The first-order chi connectivity index (χ1) is 8.92. The molecule has 4 rings (SSSR count). The molecule has 1 aliphatic heterocycles. The summed E-state index contributed by atoms with van der Waals surface area (Å²) in [5, 5.41) is 4.60. The second-order valence-electron chi connectivity index (χ2n) is 4.14. The summed E-state index contributed by atoms with van der Waals surface area (Å²) in [6.07, 6.45) is 3.48. The van der Waals surface area contributed by atoms with Crippen molar-refractivity contribution in [2.45, 2.75) is 0 Å². The zero-order valence-electron chi connectivity index (χ0n) is 9.42. The lowest BCUT2D eigenvalue weighted by atomic mass is 10.1. The van der Waals surface area contributed by atoms with Gasteiger partial charge >= 0.3 is 0 Å². The van der Waals surface area contributed by atoms with Gasteiger partial charge in [0.05, 0.1) is 0 Å². The summed E-state index contributed by atoms with van der Waals surface area (Å²) in [6, 6.07) is 12.8. The van der Waals surface area contributed by atoms with E-state index in [0.717, 1.165) is 10.7 Å². The molecule has 0 saturated heterocycles. The number of hydrogen-bond acceptors (Lipinski definition) is 3. The highest BCUT2D eigenvalue weighted by atomic mass is 32.1. The van der Waals surface area contributed by atoms with Gasteiger partial charge in [-0.2, -0.15) is 4.99 Å². The minimum Gasteiger partial charge on any atom is -0.252 e. The van der Waals surface area contributed by atoms with Crippen LogP contribution in [0.25, 0.3) is 20.9 Å². The average Bonchev–Trinajstić information content (AvgIpc) is 2.59. The van der Waals surface area contributed by atoms with Gasteiger partial charge in [-0.15, -0.1) is 11.3 Å². The Labute approximate surface area is 108 Å². The van der Waals surface area contributed by atoms with E-state index in [2.05, 4.69) is 52.3 Å². The van der Waals surface area contributed by atoms with E-state index in [0.29, 0.717) is 0 Å². The van der Waals surface area contributed by atoms with E-state index in [1.54, 1.807) is 23.6 Å². The first-order valence-electron chi connectivity index (χ1n) is 5.69. The molecule has 0 unspecified atom stereocenters. The average molecular weight is 248 g/mol. The van der Waals surface area contributed by atoms with Gasteiger partial charge in [0.1, 0.15) is 5.69 Å². The summed E-state index contributed by atoms with van der Waals surface area (Å²) >= 11 is 1.66. The van der Waals surface area contributed by atoms with Crippen molar-refractivity contribution in [3.8, 4) is 0 Å². The third kappa shape index (κ3) is 1.35. The number of nitrogens with zero attached hydrogens (tertiary/aromatic N) is 2. The van der Waals surface area contributed by atoms with E-state index in [9.17, 15) is 0 Å². The minimum absolute atomic E-state index is 0.935. The lowest BCUT2D eigenvalue weighted by Gasteiger charge is -1.98. The molecule has 3 heteroatoms. The third-order valence-corrected chi connectivity index (χ3v) is 4.07. The molecule has 2 nitrogen and oxygen atoms in total. The fourth-order valence-electron chi connectivity index (χ4n) is 2.20. The highest BCUT2D eigenvalue weighted by Gasteiger charge is 2.12. The molecule has 1 aromatic heterocycles. The Kier molecular flexibility index (Phi) is 1.97. The van der Waals surface area contributed by atoms with Crippen LogP contribution in [0, 0.1) is 0 Å². The lowest BCUT2D eigenvalue weighted by molar-refractivity contribution is 1.59. The second kappa shape index (κ2) is 3.64. The SMILES string of the molecule is C1=CC=Nc2c(sc3cc4ccccc4cc23)N=1. The van der Waals surface area contributed by atoms with E-state index in [1.165, 1.54) is 20.9 Å². The highest BCUT2D eigenvalue weighted by Crippen LogP contribution is 2.45. The van der Waals surface area contributed by atoms with Crippen LogP contribution in [0.2, 0.25) is 0 Å². The van der Waals surface area contributed by atoms with Crippen LogP contribution in [-0.2, 0) is 0 Å². The number of thiophene rings is 1. The van der Waals surface area contributed by atoms with Crippen LogP contribution in [0.1, 0.15) is 0 Å². The predicted molar refractivity (Wildman–Crippen MR) is 79.1 cm³/mol. The summed E-state index contributed by atoms with van der Waals surface area (Å²) in [5.41, 5.74) is 0.960. The first kappa shape index (κ1) is 9.77. The van der Waals surface area contributed by atoms with Crippen molar-refractivity contribution in [3.05, 3.63) is 42.5 Å². The van der Waals surface area contributed by atoms with Crippen LogP contribution in [0.5, 0.6) is 0 Å². The molecule has 0 radical (unpaired) electrons. The van der Waals surface area contributed by atoms with E-state index < -0.39 is 0 Å². The van der Waals surface area contributed by atoms with Crippen molar-refractivity contribution in [1.82, 2.24) is 0 Å². The molecule has 0 N–H and O–H groups in total. The quantitative estimate of drug-likeness (QED) is 0.554. The van der Waals surface area contributed by atoms with E-state index in [-0.39, 0.29) is 0 Å². The zero-order chi connectivity index (χ0) is 11.9. The van der Waals surface area contributed by atoms with Crippen LogP contribution >= 0.6 is 11.3 Å². The van der Waals surface area contributed by atoms with Gasteiger partial charge in [-0.3, -0.25) is 4.99 Å². The van der Waals surface area contributed by atoms with Crippen molar-refractivity contribution in [2.24, 2.45) is 9.98 Å². The molecule has 0 atom stereocenters. The van der Waals surface area contributed by atoms with Crippen molar-refractivity contribution >= 4 is 55.0 Å². The smallest absolute Gasteiger partial charge is 0.152 e. The van der Waals surface area contributed by atoms with Crippen molar-refractivity contribution in [3.63, 3.8) is 0 Å². The zero-order valence-corrected chi connectivity index (χ0v) is 10.2.